The van der Waals surface area contributed by atoms with Crippen LogP contribution in [0.3, 0.4) is 0 Å². The first kappa shape index (κ1) is 43.9. The van der Waals surface area contributed by atoms with Gasteiger partial charge in [-0.1, -0.05) is 182 Å². The molecule has 13 aromatic rings. The first-order chi connectivity index (χ1) is 36.7. The lowest BCUT2D eigenvalue weighted by Gasteiger charge is -2.26. The summed E-state index contributed by atoms with van der Waals surface area (Å²) in [4.78, 5) is 14.7. The summed E-state index contributed by atoms with van der Waals surface area (Å²) < 4.78 is 4.36. The molecule has 6 heteroatoms. The van der Waals surface area contributed by atoms with Gasteiger partial charge < -0.3 is 9.80 Å². The maximum Gasteiger partial charge on any atom is 0.137 e. The molecule has 6 nitrogen and oxygen atoms in total. The highest BCUT2D eigenvalue weighted by Crippen LogP contribution is 2.41. The van der Waals surface area contributed by atoms with Crippen molar-refractivity contribution in [3.05, 3.63) is 291 Å². The molecule has 0 fully saturated rings. The molecule has 9 aromatic carbocycles. The van der Waals surface area contributed by atoms with Gasteiger partial charge in [-0.15, -0.1) is 0 Å². The molecule has 0 amide bonds. The van der Waals surface area contributed by atoms with Gasteiger partial charge in [-0.3, -0.25) is 8.80 Å². The van der Waals surface area contributed by atoms with Crippen LogP contribution in [0.25, 0.3) is 78.6 Å². The van der Waals surface area contributed by atoms with Crippen molar-refractivity contribution in [2.45, 2.75) is 0 Å². The molecule has 13 rings (SSSR count). The first-order valence-electron chi connectivity index (χ1n) is 25.0. The van der Waals surface area contributed by atoms with Crippen molar-refractivity contribution >= 4 is 45.4 Å². The Morgan fingerprint density at radius 3 is 0.797 bits per heavy atom. The van der Waals surface area contributed by atoms with Crippen LogP contribution in [0.1, 0.15) is 0 Å². The first-order valence-corrected chi connectivity index (χ1v) is 25.0. The third-order valence-corrected chi connectivity index (χ3v) is 13.8. The Bertz CT molecular complexity index is 3740. The van der Waals surface area contributed by atoms with Crippen LogP contribution in [0.15, 0.2) is 291 Å². The number of anilines is 6. The van der Waals surface area contributed by atoms with Crippen molar-refractivity contribution < 1.29 is 0 Å². The van der Waals surface area contributed by atoms with Crippen LogP contribution in [-0.4, -0.2) is 18.8 Å². The molecular formula is C68H48N6. The Balaban J connectivity index is 0.757. The largest absolute Gasteiger partial charge is 0.311 e. The van der Waals surface area contributed by atoms with Gasteiger partial charge in [0.2, 0.25) is 0 Å². The molecule has 0 saturated carbocycles. The van der Waals surface area contributed by atoms with E-state index in [1.54, 1.807) is 0 Å². The molecular weight excluding hydrogens is 901 g/mol. The van der Waals surface area contributed by atoms with Crippen molar-refractivity contribution in [2.75, 3.05) is 9.80 Å². The minimum absolute atomic E-state index is 0.921. The third-order valence-electron chi connectivity index (χ3n) is 13.8. The van der Waals surface area contributed by atoms with Crippen molar-refractivity contribution in [1.29, 1.82) is 0 Å². The molecule has 0 spiro atoms. The van der Waals surface area contributed by atoms with Crippen molar-refractivity contribution in [3.63, 3.8) is 0 Å². The molecule has 4 heterocycles. The topological polar surface area (TPSA) is 41.1 Å². The van der Waals surface area contributed by atoms with Crippen molar-refractivity contribution in [2.24, 2.45) is 0 Å². The summed E-state index contributed by atoms with van der Waals surface area (Å²) in [5.74, 6) is 0. The molecule has 0 aliphatic carbocycles. The number of nitrogens with zero attached hydrogens (tertiary/aromatic N) is 6. The van der Waals surface area contributed by atoms with Crippen molar-refractivity contribution in [3.8, 4) is 67.3 Å². The molecule has 0 atom stereocenters. The highest BCUT2D eigenvalue weighted by Gasteiger charge is 2.20. The normalized spacial score (nSPS) is 11.2. The fraction of sp³-hybridized carbons (Fsp3) is 0. The molecule has 0 N–H and O–H groups in total. The number of pyridine rings is 2. The zero-order valence-corrected chi connectivity index (χ0v) is 40.4. The molecule has 350 valence electrons. The Morgan fingerprint density at radius 2 is 0.473 bits per heavy atom. The monoisotopic (exact) mass is 948 g/mol. The zero-order valence-electron chi connectivity index (χ0n) is 40.4. The number of fused-ring (bicyclic) bond motifs is 2. The Morgan fingerprint density at radius 1 is 0.216 bits per heavy atom. The second-order valence-electron chi connectivity index (χ2n) is 18.3. The van der Waals surface area contributed by atoms with E-state index in [-0.39, 0.29) is 0 Å². The number of imidazole rings is 2. The number of hydrogen-bond donors (Lipinski definition) is 0. The molecule has 0 radical (unpaired) electrons. The quantitative estimate of drug-likeness (QED) is 0.122. The summed E-state index contributed by atoms with van der Waals surface area (Å²) in [5, 5.41) is 0. The summed E-state index contributed by atoms with van der Waals surface area (Å²) in [5.41, 5.74) is 21.4. The smallest absolute Gasteiger partial charge is 0.137 e. The predicted molar refractivity (Wildman–Crippen MR) is 306 cm³/mol. The number of aromatic nitrogens is 4. The second kappa shape index (κ2) is 19.3. The van der Waals surface area contributed by atoms with Crippen LogP contribution in [0.5, 0.6) is 0 Å². The Hall–Kier alpha value is -10.0. The average molecular weight is 949 g/mol. The lowest BCUT2D eigenvalue weighted by molar-refractivity contribution is 1.19. The summed E-state index contributed by atoms with van der Waals surface area (Å²) in [6.45, 7) is 0. The van der Waals surface area contributed by atoms with Gasteiger partial charge >= 0.3 is 0 Å². The van der Waals surface area contributed by atoms with Crippen LogP contribution >= 0.6 is 0 Å². The lowest BCUT2D eigenvalue weighted by Crippen LogP contribution is -2.09. The minimum atomic E-state index is 0.921. The highest BCUT2D eigenvalue weighted by molar-refractivity contribution is 5.87. The molecule has 0 aliphatic rings. The van der Waals surface area contributed by atoms with E-state index in [4.69, 9.17) is 9.97 Å². The van der Waals surface area contributed by atoms with E-state index in [9.17, 15) is 0 Å². The number of benzene rings is 9. The predicted octanol–water partition coefficient (Wildman–Crippen LogP) is 17.9. The Labute approximate surface area is 430 Å². The highest BCUT2D eigenvalue weighted by atomic mass is 15.1. The van der Waals surface area contributed by atoms with Crippen LogP contribution in [0.2, 0.25) is 0 Å². The van der Waals surface area contributed by atoms with Crippen LogP contribution in [0, 0.1) is 0 Å². The van der Waals surface area contributed by atoms with E-state index < -0.39 is 0 Å². The van der Waals surface area contributed by atoms with Gasteiger partial charge in [-0.2, -0.15) is 0 Å². The number of rotatable bonds is 12. The van der Waals surface area contributed by atoms with E-state index in [2.05, 4.69) is 286 Å². The second-order valence-corrected chi connectivity index (χ2v) is 18.3. The molecule has 0 unspecified atom stereocenters. The van der Waals surface area contributed by atoms with E-state index in [1.165, 1.54) is 0 Å². The summed E-state index contributed by atoms with van der Waals surface area (Å²) in [6.07, 6.45) is 4.18. The molecule has 0 aliphatic heterocycles. The number of para-hydroxylation sites is 2. The third kappa shape index (κ3) is 8.36. The van der Waals surface area contributed by atoms with Gasteiger partial charge in [-0.05, 0) is 119 Å². The maximum atomic E-state index is 5.06. The summed E-state index contributed by atoms with van der Waals surface area (Å²) >= 11 is 0. The van der Waals surface area contributed by atoms with Gasteiger partial charge in [0.1, 0.15) is 11.3 Å². The van der Waals surface area contributed by atoms with E-state index in [0.717, 1.165) is 113 Å². The minimum Gasteiger partial charge on any atom is -0.311 e. The molecule has 74 heavy (non-hydrogen) atoms. The number of hydrogen-bond acceptors (Lipinski definition) is 4. The fourth-order valence-corrected chi connectivity index (χ4v) is 10.2. The standard InChI is InChI=1S/C68H48N6/c1-5-17-53(18-6-1)65-67(71-47-15-13-25-63(71)69-65)55-35-43-61(44-36-55)73(57-21-9-3-10-22-57)59-39-31-51(32-40-59)49-27-29-50(30-28-49)52-33-41-60(42-34-52)74(58-23-11-4-12-24-58)62-45-37-56(38-46-62)68-66(54-19-7-2-8-20-54)70-64-26-14-16-48-72(64)68/h1-48H. The van der Waals surface area contributed by atoms with Gasteiger partial charge in [0.05, 0.1) is 22.8 Å². The summed E-state index contributed by atoms with van der Waals surface area (Å²) in [6, 6.07) is 98.6. The summed E-state index contributed by atoms with van der Waals surface area (Å²) in [7, 11) is 0. The van der Waals surface area contributed by atoms with Gasteiger partial charge in [0, 0.05) is 68.8 Å². The average Bonchev–Trinajstić information content (AvgIpc) is 4.07. The zero-order chi connectivity index (χ0) is 49.2. The SMILES string of the molecule is c1ccc(-c2nc3ccccn3c2-c2ccc(N(c3ccccc3)c3ccc(-c4ccc(-c5ccc(N(c6ccccc6)c6ccc(-c7c(-c8ccccc8)nc8ccccn78)cc6)cc5)cc4)cc3)cc2)cc1. The van der Waals surface area contributed by atoms with E-state index in [1.807, 2.05) is 24.3 Å². The fourth-order valence-electron chi connectivity index (χ4n) is 10.2. The lowest BCUT2D eigenvalue weighted by atomic mass is 9.99. The Kier molecular flexibility index (Phi) is 11.4. The molecule has 0 saturated heterocycles. The van der Waals surface area contributed by atoms with Gasteiger partial charge in [0.15, 0.2) is 0 Å². The van der Waals surface area contributed by atoms with Crippen molar-refractivity contribution in [1.82, 2.24) is 18.8 Å². The van der Waals surface area contributed by atoms with E-state index >= 15 is 0 Å². The van der Waals surface area contributed by atoms with Crippen LogP contribution < -0.4 is 9.80 Å². The molecule has 0 bridgehead atoms. The maximum absolute atomic E-state index is 5.06. The van der Waals surface area contributed by atoms with Gasteiger partial charge in [-0.25, -0.2) is 9.97 Å². The molecule has 4 aromatic heterocycles. The van der Waals surface area contributed by atoms with Crippen LogP contribution in [-0.2, 0) is 0 Å². The van der Waals surface area contributed by atoms with E-state index in [0.29, 0.717) is 0 Å². The van der Waals surface area contributed by atoms with Gasteiger partial charge in [0.25, 0.3) is 0 Å². The van der Waals surface area contributed by atoms with Crippen LogP contribution in [0.4, 0.5) is 34.1 Å².